The van der Waals surface area contributed by atoms with Crippen LogP contribution in [0.25, 0.3) is 0 Å². The van der Waals surface area contributed by atoms with Gasteiger partial charge in [0.15, 0.2) is 11.5 Å². The molecule has 4 amide bonds. The lowest BCUT2D eigenvalue weighted by Gasteiger charge is -2.50. The Morgan fingerprint density at radius 1 is 0.918 bits per heavy atom. The Labute approximate surface area is 293 Å². The summed E-state index contributed by atoms with van der Waals surface area (Å²) in [6.07, 6.45) is 3.06. The van der Waals surface area contributed by atoms with Crippen LogP contribution in [0, 0.1) is 23.7 Å². The number of hydrogen-bond acceptors (Lipinski definition) is 8. The highest BCUT2D eigenvalue weighted by atomic mass is 35.5. The van der Waals surface area contributed by atoms with Gasteiger partial charge in [0.2, 0.25) is 11.8 Å². The van der Waals surface area contributed by atoms with Gasteiger partial charge in [0.25, 0.3) is 11.8 Å². The van der Waals surface area contributed by atoms with Crippen molar-refractivity contribution in [3.8, 4) is 17.2 Å². The number of fused-ring (bicyclic) bond motifs is 4. The Bertz CT molecular complexity index is 1910. The third-order valence-electron chi connectivity index (χ3n) is 10.7. The molecule has 2 saturated heterocycles. The number of nitrogens with zero attached hydrogens (tertiary/aromatic N) is 2. The maximum Gasteiger partial charge on any atom is 0.260 e. The van der Waals surface area contributed by atoms with Crippen molar-refractivity contribution in [1.82, 2.24) is 9.91 Å². The lowest BCUT2D eigenvalue weighted by atomic mass is 9.49. The molecule has 3 aromatic rings. The van der Waals surface area contributed by atoms with E-state index in [1.54, 1.807) is 61.7 Å². The fourth-order valence-electron chi connectivity index (χ4n) is 8.61. The topological polar surface area (TPSA) is 125 Å². The number of aromatic hydroxyl groups is 1. The number of benzene rings is 3. The van der Waals surface area contributed by atoms with Gasteiger partial charge in [-0.2, -0.15) is 5.01 Å². The summed E-state index contributed by atoms with van der Waals surface area (Å²) in [7, 11) is 2.99. The third kappa shape index (κ3) is 4.90. The lowest BCUT2D eigenvalue weighted by molar-refractivity contribution is -0.141. The molecule has 0 radical (unpaired) electrons. The fourth-order valence-corrected chi connectivity index (χ4v) is 9.06. The number of imide groups is 2. The Hall–Kier alpha value is -4.54. The predicted octanol–water partition coefficient (Wildman–Crippen LogP) is 6.11. The molecule has 6 atom stereocenters. The molecule has 49 heavy (non-hydrogen) atoms. The molecule has 3 fully saturated rings. The van der Waals surface area contributed by atoms with Crippen molar-refractivity contribution < 1.29 is 33.8 Å². The van der Waals surface area contributed by atoms with Gasteiger partial charge in [-0.05, 0) is 78.8 Å². The van der Waals surface area contributed by atoms with Gasteiger partial charge in [0.1, 0.15) is 5.75 Å². The molecule has 0 bridgehead atoms. The number of phenolic OH excluding ortho intramolecular Hbond substituents is 1. The van der Waals surface area contributed by atoms with Gasteiger partial charge in [-0.1, -0.05) is 60.0 Å². The maximum atomic E-state index is 15.3. The van der Waals surface area contributed by atoms with Crippen LogP contribution in [0.15, 0.2) is 72.3 Å². The van der Waals surface area contributed by atoms with Gasteiger partial charge in [-0.3, -0.25) is 29.5 Å². The number of hydrogen-bond donors (Lipinski definition) is 2. The summed E-state index contributed by atoms with van der Waals surface area (Å²) >= 11 is 12.7. The molecule has 1 saturated carbocycles. The summed E-state index contributed by atoms with van der Waals surface area (Å²) in [6.45, 7) is 2.23. The number of allylic oxidation sites excluding steroid dienone is 2. The minimum absolute atomic E-state index is 0.140. The first kappa shape index (κ1) is 33.0. The third-order valence-corrected chi connectivity index (χ3v) is 11.2. The first-order chi connectivity index (χ1) is 23.6. The standard InChI is InChI=1S/C37H35Cl2N3O7/c1-4-15-41-33(44)24-12-11-23-25(31(24)35(41)46)18-26-34(45)42(40-28-13-8-21(38)17-27(28)39)36(47)37(26,20-6-9-22(48-2)10-7-20)32(23)19-5-14-30(49-3)29(43)16-19/h5-11,13-14,16-17,24-26,31-32,40,43H,4,12,15,18H2,1-3H3. The summed E-state index contributed by atoms with van der Waals surface area (Å²) in [5.41, 5.74) is 3.66. The molecule has 2 aliphatic carbocycles. The van der Waals surface area contributed by atoms with E-state index in [-0.39, 0.29) is 34.8 Å². The Morgan fingerprint density at radius 3 is 2.33 bits per heavy atom. The van der Waals surface area contributed by atoms with E-state index in [4.69, 9.17) is 32.7 Å². The molecule has 6 unspecified atom stereocenters. The summed E-state index contributed by atoms with van der Waals surface area (Å²) in [6, 6.07) is 16.7. The van der Waals surface area contributed by atoms with Crippen LogP contribution in [-0.4, -0.2) is 59.4 Å². The number of methoxy groups -OCH3 is 2. The van der Waals surface area contributed by atoms with E-state index in [2.05, 4.69) is 5.43 Å². The second-order valence-corrected chi connectivity index (χ2v) is 13.8. The Balaban J connectivity index is 1.46. The molecule has 2 aliphatic heterocycles. The maximum absolute atomic E-state index is 15.3. The number of amides is 4. The number of carbonyl (C=O) groups is 4. The number of anilines is 1. The Morgan fingerprint density at radius 2 is 1.67 bits per heavy atom. The van der Waals surface area contributed by atoms with Crippen LogP contribution in [0.1, 0.15) is 43.2 Å². The van der Waals surface area contributed by atoms with Gasteiger partial charge in [0.05, 0.1) is 48.1 Å². The second-order valence-electron chi connectivity index (χ2n) is 13.0. The zero-order valence-corrected chi connectivity index (χ0v) is 28.6. The number of ether oxygens (including phenoxy) is 2. The van der Waals surface area contributed by atoms with Crippen molar-refractivity contribution >= 4 is 52.5 Å². The molecular formula is C37H35Cl2N3O7. The van der Waals surface area contributed by atoms with Crippen molar-refractivity contribution in [2.75, 3.05) is 26.2 Å². The van der Waals surface area contributed by atoms with Crippen LogP contribution >= 0.6 is 23.2 Å². The van der Waals surface area contributed by atoms with Gasteiger partial charge >= 0.3 is 0 Å². The van der Waals surface area contributed by atoms with Crippen LogP contribution in [0.4, 0.5) is 5.69 Å². The zero-order chi connectivity index (χ0) is 34.8. The van der Waals surface area contributed by atoms with E-state index in [0.29, 0.717) is 47.0 Å². The molecule has 2 heterocycles. The summed E-state index contributed by atoms with van der Waals surface area (Å²) < 4.78 is 10.8. The van der Waals surface area contributed by atoms with Crippen LogP contribution < -0.4 is 14.9 Å². The average Bonchev–Trinajstić information content (AvgIpc) is 3.46. The van der Waals surface area contributed by atoms with Crippen molar-refractivity contribution in [2.24, 2.45) is 23.7 Å². The highest BCUT2D eigenvalue weighted by Crippen LogP contribution is 2.64. The minimum Gasteiger partial charge on any atom is -0.504 e. The average molecular weight is 705 g/mol. The zero-order valence-electron chi connectivity index (χ0n) is 27.1. The van der Waals surface area contributed by atoms with Gasteiger partial charge < -0.3 is 14.6 Å². The predicted molar refractivity (Wildman–Crippen MR) is 182 cm³/mol. The SMILES string of the molecule is CCCN1C(=O)C2CC=C3C(CC4C(=O)N(Nc5ccc(Cl)cc5Cl)C(=O)C4(c4ccc(OC)cc4)C3c3ccc(OC)c(O)c3)C2C1=O. The second kappa shape index (κ2) is 12.4. The smallest absolute Gasteiger partial charge is 0.260 e. The van der Waals surface area contributed by atoms with E-state index in [1.165, 1.54) is 18.1 Å². The van der Waals surface area contributed by atoms with Crippen LogP contribution in [0.2, 0.25) is 10.0 Å². The molecule has 10 nitrogen and oxygen atoms in total. The van der Waals surface area contributed by atoms with Crippen molar-refractivity contribution in [2.45, 2.75) is 37.5 Å². The molecule has 3 aromatic carbocycles. The van der Waals surface area contributed by atoms with Crippen LogP contribution in [-0.2, 0) is 24.6 Å². The van der Waals surface area contributed by atoms with Gasteiger partial charge in [-0.25, -0.2) is 0 Å². The van der Waals surface area contributed by atoms with Crippen molar-refractivity contribution in [3.63, 3.8) is 0 Å². The van der Waals surface area contributed by atoms with E-state index in [1.807, 2.05) is 13.0 Å². The van der Waals surface area contributed by atoms with Gasteiger partial charge in [0, 0.05) is 17.5 Å². The van der Waals surface area contributed by atoms with Crippen LogP contribution in [0.3, 0.4) is 0 Å². The molecule has 0 spiro atoms. The largest absolute Gasteiger partial charge is 0.504 e. The van der Waals surface area contributed by atoms with E-state index < -0.39 is 46.8 Å². The molecule has 4 aliphatic rings. The molecule has 12 heteroatoms. The number of carbonyl (C=O) groups excluding carboxylic acids is 4. The fraction of sp³-hybridized carbons (Fsp3) is 0.351. The summed E-state index contributed by atoms with van der Waals surface area (Å²) in [4.78, 5) is 58.9. The number of hydrazine groups is 1. The molecule has 254 valence electrons. The number of nitrogens with one attached hydrogen (secondary N) is 1. The first-order valence-electron chi connectivity index (χ1n) is 16.2. The number of rotatable bonds is 8. The molecule has 0 aromatic heterocycles. The normalized spacial score (nSPS) is 27.4. The molecule has 2 N–H and O–H groups in total. The lowest BCUT2D eigenvalue weighted by Crippen LogP contribution is -2.53. The number of phenols is 1. The van der Waals surface area contributed by atoms with E-state index in [9.17, 15) is 19.5 Å². The summed E-state index contributed by atoms with van der Waals surface area (Å²) in [5, 5.41) is 12.7. The van der Waals surface area contributed by atoms with E-state index in [0.717, 1.165) is 10.6 Å². The number of halogens is 2. The van der Waals surface area contributed by atoms with Crippen molar-refractivity contribution in [3.05, 3.63) is 93.5 Å². The minimum atomic E-state index is -1.53. The quantitative estimate of drug-likeness (QED) is 0.213. The van der Waals surface area contributed by atoms with Crippen LogP contribution in [0.5, 0.6) is 17.2 Å². The molecule has 7 rings (SSSR count). The Kier molecular flexibility index (Phi) is 8.35. The monoisotopic (exact) mass is 703 g/mol. The van der Waals surface area contributed by atoms with Gasteiger partial charge in [-0.15, -0.1) is 0 Å². The number of likely N-dealkylation sites (tertiary alicyclic amines) is 1. The van der Waals surface area contributed by atoms with Crippen molar-refractivity contribution in [1.29, 1.82) is 0 Å². The van der Waals surface area contributed by atoms with E-state index >= 15 is 4.79 Å². The highest BCUT2D eigenvalue weighted by Gasteiger charge is 2.70. The first-order valence-corrected chi connectivity index (χ1v) is 17.0. The summed E-state index contributed by atoms with van der Waals surface area (Å²) in [5.74, 6) is -4.34. The highest BCUT2D eigenvalue weighted by molar-refractivity contribution is 6.36. The molecular weight excluding hydrogens is 669 g/mol.